The second kappa shape index (κ2) is 12.0. The Morgan fingerprint density at radius 1 is 1.45 bits per heavy atom. The first-order valence-corrected chi connectivity index (χ1v) is 10.7. The van der Waals surface area contributed by atoms with Crippen molar-refractivity contribution in [2.24, 2.45) is 5.92 Å². The summed E-state index contributed by atoms with van der Waals surface area (Å²) < 4.78 is 10.5. The maximum Gasteiger partial charge on any atom is 0.328 e. The Bertz CT molecular complexity index is 1020. The Kier molecular flexibility index (Phi) is 8.83. The Morgan fingerprint density at radius 2 is 2.30 bits per heavy atom. The number of aliphatic hydroxyl groups is 1. The van der Waals surface area contributed by atoms with E-state index in [1.54, 1.807) is 25.3 Å². The minimum Gasteiger partial charge on any atom is -0.392 e. The lowest BCUT2D eigenvalue weighted by Crippen LogP contribution is -2.39. The maximum absolute atomic E-state index is 13.3. The number of methoxy groups -OCH3 is 1. The Morgan fingerprint density at radius 3 is 2.97 bits per heavy atom. The number of ether oxygens (including phenoxy) is 2. The van der Waals surface area contributed by atoms with Crippen LogP contribution in [0.5, 0.6) is 0 Å². The molecule has 3 rings (SSSR count). The van der Waals surface area contributed by atoms with Crippen molar-refractivity contribution >= 4 is 24.0 Å². The molecule has 0 saturated carbocycles. The predicted octanol–water partition coefficient (Wildman–Crippen LogP) is 2.31. The number of aliphatic hydroxyl groups excluding tert-OH is 1. The van der Waals surface area contributed by atoms with Gasteiger partial charge in [0.25, 0.3) is 0 Å². The molecule has 3 heterocycles. The molecule has 1 unspecified atom stereocenters. The molecule has 1 fully saturated rings. The van der Waals surface area contributed by atoms with E-state index in [-0.39, 0.29) is 24.0 Å². The predicted molar refractivity (Wildman–Crippen MR) is 120 cm³/mol. The molecule has 33 heavy (non-hydrogen) atoms. The molecule has 2 aromatic heterocycles. The summed E-state index contributed by atoms with van der Waals surface area (Å²) in [6.45, 7) is 1.72. The van der Waals surface area contributed by atoms with E-state index < -0.39 is 6.03 Å². The number of aromatic nitrogens is 2. The first kappa shape index (κ1) is 24.3. The summed E-state index contributed by atoms with van der Waals surface area (Å²) in [5.41, 5.74) is 1.67. The highest BCUT2D eigenvalue weighted by atomic mass is 16.5. The van der Waals surface area contributed by atoms with Crippen molar-refractivity contribution in [1.82, 2.24) is 9.97 Å². The van der Waals surface area contributed by atoms with E-state index >= 15 is 0 Å². The standard InChI is InChI=1S/C23H27N5O5/c1-32-7-2-3-17-9-21(25-11-19(17)10-24)27-23(31)28(12-16-6-8-33-15-16)22-5-4-18(13-29)20(14-30)26-22/h4-5,9,11,14,16,29H,2-3,6-8,12-13,15H2,1H3,(H,25,27,31). The molecule has 1 atom stereocenters. The summed E-state index contributed by atoms with van der Waals surface area (Å²) in [7, 11) is 1.62. The molecule has 2 amide bonds. The van der Waals surface area contributed by atoms with E-state index in [9.17, 15) is 20.0 Å². The zero-order valence-corrected chi connectivity index (χ0v) is 18.5. The van der Waals surface area contributed by atoms with E-state index in [0.717, 1.165) is 18.4 Å². The number of rotatable bonds is 10. The molecule has 0 bridgehead atoms. The smallest absolute Gasteiger partial charge is 0.328 e. The minimum absolute atomic E-state index is 0.0763. The number of carbonyl (C=O) groups is 2. The van der Waals surface area contributed by atoms with E-state index in [2.05, 4.69) is 21.4 Å². The van der Waals surface area contributed by atoms with Crippen LogP contribution in [-0.2, 0) is 22.5 Å². The zero-order valence-electron chi connectivity index (χ0n) is 18.5. The number of nitriles is 1. The van der Waals surface area contributed by atoms with Crippen LogP contribution in [0.25, 0.3) is 0 Å². The summed E-state index contributed by atoms with van der Waals surface area (Å²) in [5, 5.41) is 21.5. The maximum atomic E-state index is 13.3. The van der Waals surface area contributed by atoms with Crippen molar-refractivity contribution < 1.29 is 24.2 Å². The second-order valence-corrected chi connectivity index (χ2v) is 7.69. The second-order valence-electron chi connectivity index (χ2n) is 7.69. The van der Waals surface area contributed by atoms with Crippen molar-refractivity contribution in [3.63, 3.8) is 0 Å². The van der Waals surface area contributed by atoms with Crippen LogP contribution in [0.15, 0.2) is 24.4 Å². The van der Waals surface area contributed by atoms with Crippen LogP contribution in [0.3, 0.4) is 0 Å². The van der Waals surface area contributed by atoms with Crippen molar-refractivity contribution in [2.75, 3.05) is 43.7 Å². The number of carbonyl (C=O) groups excluding carboxylic acids is 2. The van der Waals surface area contributed by atoms with Crippen molar-refractivity contribution in [2.45, 2.75) is 25.9 Å². The summed E-state index contributed by atoms with van der Waals surface area (Å²) in [5.74, 6) is 0.711. The number of hydrogen-bond acceptors (Lipinski definition) is 8. The highest BCUT2D eigenvalue weighted by Crippen LogP contribution is 2.22. The molecule has 0 aliphatic carbocycles. The van der Waals surface area contributed by atoms with E-state index in [1.165, 1.54) is 11.1 Å². The number of anilines is 2. The van der Waals surface area contributed by atoms with Gasteiger partial charge in [-0.3, -0.25) is 15.0 Å². The van der Waals surface area contributed by atoms with Gasteiger partial charge in [0, 0.05) is 44.5 Å². The van der Waals surface area contributed by atoms with Gasteiger partial charge in [0.05, 0.1) is 18.8 Å². The highest BCUT2D eigenvalue weighted by molar-refractivity contribution is 6.00. The number of pyridine rings is 2. The quantitative estimate of drug-likeness (QED) is 0.413. The summed E-state index contributed by atoms with van der Waals surface area (Å²) in [6, 6.07) is 6.50. The van der Waals surface area contributed by atoms with Crippen molar-refractivity contribution in [3.8, 4) is 6.07 Å². The lowest BCUT2D eigenvalue weighted by Gasteiger charge is -2.25. The normalized spacial score (nSPS) is 15.1. The number of hydrogen-bond donors (Lipinski definition) is 2. The van der Waals surface area contributed by atoms with Crippen LogP contribution in [0.4, 0.5) is 16.4 Å². The fourth-order valence-corrected chi connectivity index (χ4v) is 3.60. The SMILES string of the molecule is COCCCc1cc(NC(=O)N(CC2CCOC2)c2ccc(CO)c(C=O)n2)ncc1C#N. The topological polar surface area (TPSA) is 138 Å². The summed E-state index contributed by atoms with van der Waals surface area (Å²) in [6.07, 6.45) is 4.13. The molecular formula is C23H27N5O5. The molecule has 174 valence electrons. The van der Waals surface area contributed by atoms with Gasteiger partial charge >= 0.3 is 6.03 Å². The lowest BCUT2D eigenvalue weighted by molar-refractivity contribution is 0.111. The number of aryl methyl sites for hydroxylation is 1. The number of urea groups is 1. The molecule has 0 spiro atoms. The zero-order chi connectivity index (χ0) is 23.6. The Hall–Kier alpha value is -3.39. The van der Waals surface area contributed by atoms with Gasteiger partial charge in [0.1, 0.15) is 23.4 Å². The van der Waals surface area contributed by atoms with Crippen LogP contribution in [0.2, 0.25) is 0 Å². The molecule has 2 aromatic rings. The number of amides is 2. The van der Waals surface area contributed by atoms with Gasteiger partial charge in [-0.15, -0.1) is 0 Å². The first-order chi connectivity index (χ1) is 16.1. The van der Waals surface area contributed by atoms with Crippen LogP contribution >= 0.6 is 0 Å². The summed E-state index contributed by atoms with van der Waals surface area (Å²) >= 11 is 0. The van der Waals surface area contributed by atoms with E-state index in [4.69, 9.17) is 9.47 Å². The molecule has 2 N–H and O–H groups in total. The number of nitrogens with zero attached hydrogens (tertiary/aromatic N) is 4. The first-order valence-electron chi connectivity index (χ1n) is 10.7. The minimum atomic E-state index is -0.469. The third kappa shape index (κ3) is 6.32. The van der Waals surface area contributed by atoms with Gasteiger partial charge in [-0.1, -0.05) is 6.07 Å². The van der Waals surface area contributed by atoms with Crippen LogP contribution < -0.4 is 10.2 Å². The molecular weight excluding hydrogens is 426 g/mol. The molecule has 1 saturated heterocycles. The third-order valence-corrected chi connectivity index (χ3v) is 5.41. The molecule has 1 aliphatic heterocycles. The van der Waals surface area contributed by atoms with Crippen LogP contribution in [0, 0.1) is 17.2 Å². The summed E-state index contributed by atoms with van der Waals surface area (Å²) in [4.78, 5) is 34.6. The molecule has 1 aliphatic rings. The van der Waals surface area contributed by atoms with Gasteiger partial charge in [0.15, 0.2) is 6.29 Å². The molecule has 0 radical (unpaired) electrons. The van der Waals surface area contributed by atoms with Crippen LogP contribution in [-0.4, -0.2) is 60.9 Å². The van der Waals surface area contributed by atoms with Crippen LogP contribution in [0.1, 0.15) is 40.0 Å². The lowest BCUT2D eigenvalue weighted by atomic mass is 10.1. The monoisotopic (exact) mass is 453 g/mol. The fraction of sp³-hybridized carbons (Fsp3) is 0.435. The average Bonchev–Trinajstić information content (AvgIpc) is 3.36. The van der Waals surface area contributed by atoms with Gasteiger partial charge in [-0.2, -0.15) is 5.26 Å². The molecule has 10 nitrogen and oxygen atoms in total. The Labute approximate surface area is 192 Å². The van der Waals surface area contributed by atoms with Crippen molar-refractivity contribution in [3.05, 3.63) is 46.8 Å². The number of nitrogens with one attached hydrogen (secondary N) is 1. The molecule has 10 heteroatoms. The Balaban J connectivity index is 1.85. The van der Waals surface area contributed by atoms with Crippen molar-refractivity contribution in [1.29, 1.82) is 5.26 Å². The van der Waals surface area contributed by atoms with E-state index in [1.807, 2.05) is 0 Å². The van der Waals surface area contributed by atoms with Gasteiger partial charge in [-0.25, -0.2) is 14.8 Å². The van der Waals surface area contributed by atoms with Gasteiger partial charge in [0.2, 0.25) is 0 Å². The highest BCUT2D eigenvalue weighted by Gasteiger charge is 2.26. The van der Waals surface area contributed by atoms with Gasteiger partial charge < -0.3 is 14.6 Å². The van der Waals surface area contributed by atoms with Gasteiger partial charge in [-0.05, 0) is 37.0 Å². The number of aldehydes is 1. The largest absolute Gasteiger partial charge is 0.392 e. The van der Waals surface area contributed by atoms with E-state index in [0.29, 0.717) is 56.0 Å². The average molecular weight is 453 g/mol. The fourth-order valence-electron chi connectivity index (χ4n) is 3.60. The third-order valence-electron chi connectivity index (χ3n) is 5.41. The molecule has 0 aromatic carbocycles.